The molecule has 4 aliphatic rings. The molecule has 4 aliphatic carbocycles. The highest BCUT2D eigenvalue weighted by atomic mass is 16.3. The minimum absolute atomic E-state index is 0.0603. The minimum Gasteiger partial charge on any atom is -0.393 e. The molecule has 0 aromatic heterocycles. The lowest BCUT2D eigenvalue weighted by molar-refractivity contribution is -0.0703. The van der Waals surface area contributed by atoms with Crippen molar-refractivity contribution in [1.29, 1.82) is 0 Å². The highest BCUT2D eigenvalue weighted by molar-refractivity contribution is 5.11. The Balaban J connectivity index is 1.61. The van der Waals surface area contributed by atoms with Crippen molar-refractivity contribution in [2.24, 2.45) is 35.0 Å². The molecule has 0 aromatic carbocycles. The molecule has 4 rings (SSSR count). The van der Waals surface area contributed by atoms with E-state index in [1.807, 2.05) is 6.08 Å². The number of fused-ring (bicyclic) bond motifs is 5. The third-order valence-electron chi connectivity index (χ3n) is 7.45. The van der Waals surface area contributed by atoms with Crippen LogP contribution in [0, 0.1) is 35.0 Å². The highest BCUT2D eigenvalue weighted by Crippen LogP contribution is 2.61. The van der Waals surface area contributed by atoms with Crippen LogP contribution < -0.4 is 0 Å². The van der Waals surface area contributed by atoms with Gasteiger partial charge in [-0.25, -0.2) is 0 Å². The van der Waals surface area contributed by atoms with Gasteiger partial charge in [-0.15, -0.1) is 0 Å². The molecule has 112 valence electrons. The average molecular weight is 276 g/mol. The Hall–Kier alpha value is -0.340. The summed E-state index contributed by atoms with van der Waals surface area (Å²) in [6.07, 6.45) is 12.5. The van der Waals surface area contributed by atoms with E-state index in [4.69, 9.17) is 0 Å². The summed E-state index contributed by atoms with van der Waals surface area (Å²) < 4.78 is 0. The van der Waals surface area contributed by atoms with E-state index < -0.39 is 0 Å². The van der Waals surface area contributed by atoms with E-state index in [1.165, 1.54) is 32.1 Å². The van der Waals surface area contributed by atoms with Crippen LogP contribution in [0.4, 0.5) is 0 Å². The number of aliphatic hydroxyl groups is 2. The second kappa shape index (κ2) is 4.58. The van der Waals surface area contributed by atoms with Gasteiger partial charge in [0.25, 0.3) is 0 Å². The number of rotatable bonds is 0. The first-order valence-corrected chi connectivity index (χ1v) is 8.64. The normalized spacial score (nSPS) is 57.9. The molecule has 3 fully saturated rings. The van der Waals surface area contributed by atoms with Gasteiger partial charge in [0, 0.05) is 0 Å². The SMILES string of the molecule is C[C@]12CC[C@@H]3[C@H]4C=C[C@@H](O)C[C@@H]4CC[C@H]3[C@@H]1CC[C@@H]2O. The molecule has 0 aromatic rings. The molecule has 0 spiro atoms. The van der Waals surface area contributed by atoms with Crippen molar-refractivity contribution in [3.8, 4) is 0 Å². The maximum atomic E-state index is 10.4. The van der Waals surface area contributed by atoms with E-state index in [1.54, 1.807) is 0 Å². The molecule has 0 saturated heterocycles. The summed E-state index contributed by atoms with van der Waals surface area (Å²) in [6.45, 7) is 2.35. The highest BCUT2D eigenvalue weighted by Gasteiger charge is 2.56. The first-order valence-electron chi connectivity index (χ1n) is 8.64. The largest absolute Gasteiger partial charge is 0.393 e. The zero-order valence-corrected chi connectivity index (χ0v) is 12.5. The molecule has 0 amide bonds. The minimum atomic E-state index is -0.199. The van der Waals surface area contributed by atoms with Crippen molar-refractivity contribution in [2.75, 3.05) is 0 Å². The Morgan fingerprint density at radius 2 is 1.80 bits per heavy atom. The van der Waals surface area contributed by atoms with Gasteiger partial charge in [-0.2, -0.15) is 0 Å². The fraction of sp³-hybridized carbons (Fsp3) is 0.889. The molecular formula is C18H28O2. The van der Waals surface area contributed by atoms with Crippen LogP contribution in [-0.2, 0) is 0 Å². The monoisotopic (exact) mass is 276 g/mol. The lowest BCUT2D eigenvalue weighted by Crippen LogP contribution is -2.48. The van der Waals surface area contributed by atoms with Gasteiger partial charge in [-0.05, 0) is 80.0 Å². The van der Waals surface area contributed by atoms with E-state index in [2.05, 4.69) is 13.0 Å². The van der Waals surface area contributed by atoms with Crippen LogP contribution in [0.15, 0.2) is 12.2 Å². The fourth-order valence-corrected chi connectivity index (χ4v) is 6.35. The van der Waals surface area contributed by atoms with Gasteiger partial charge < -0.3 is 10.2 Å². The predicted octanol–water partition coefficient (Wildman–Crippen LogP) is 3.14. The van der Waals surface area contributed by atoms with E-state index in [9.17, 15) is 10.2 Å². The van der Waals surface area contributed by atoms with E-state index in [0.717, 1.165) is 30.6 Å². The van der Waals surface area contributed by atoms with Crippen LogP contribution in [0.2, 0.25) is 0 Å². The van der Waals surface area contributed by atoms with Crippen molar-refractivity contribution >= 4 is 0 Å². The molecule has 2 heteroatoms. The third kappa shape index (κ3) is 1.77. The van der Waals surface area contributed by atoms with Crippen LogP contribution in [0.3, 0.4) is 0 Å². The van der Waals surface area contributed by atoms with Crippen LogP contribution in [0.5, 0.6) is 0 Å². The van der Waals surface area contributed by atoms with Crippen molar-refractivity contribution in [1.82, 2.24) is 0 Å². The van der Waals surface area contributed by atoms with Gasteiger partial charge in [0.2, 0.25) is 0 Å². The van der Waals surface area contributed by atoms with E-state index >= 15 is 0 Å². The molecule has 0 aliphatic heterocycles. The molecule has 8 atom stereocenters. The second-order valence-electron chi connectivity index (χ2n) is 8.17. The molecule has 0 bridgehead atoms. The van der Waals surface area contributed by atoms with Gasteiger partial charge >= 0.3 is 0 Å². The van der Waals surface area contributed by atoms with Gasteiger partial charge in [-0.1, -0.05) is 19.1 Å². The smallest absolute Gasteiger partial charge is 0.0723 e. The maximum Gasteiger partial charge on any atom is 0.0723 e. The van der Waals surface area contributed by atoms with Crippen molar-refractivity contribution in [2.45, 2.75) is 64.1 Å². The Labute approximate surface area is 122 Å². The van der Waals surface area contributed by atoms with Gasteiger partial charge in [0.1, 0.15) is 0 Å². The second-order valence-corrected chi connectivity index (χ2v) is 8.17. The first kappa shape index (κ1) is 13.3. The quantitative estimate of drug-likeness (QED) is 0.667. The van der Waals surface area contributed by atoms with Gasteiger partial charge in [0.15, 0.2) is 0 Å². The molecule has 2 N–H and O–H groups in total. The Morgan fingerprint density at radius 3 is 2.65 bits per heavy atom. The Bertz CT molecular complexity index is 418. The average Bonchev–Trinajstić information content (AvgIpc) is 2.74. The number of hydrogen-bond donors (Lipinski definition) is 2. The summed E-state index contributed by atoms with van der Waals surface area (Å²) in [7, 11) is 0. The van der Waals surface area contributed by atoms with Crippen molar-refractivity contribution in [3.63, 3.8) is 0 Å². The topological polar surface area (TPSA) is 40.5 Å². The van der Waals surface area contributed by atoms with Crippen LogP contribution in [-0.4, -0.2) is 22.4 Å². The van der Waals surface area contributed by atoms with Crippen molar-refractivity contribution < 1.29 is 10.2 Å². The predicted molar refractivity (Wildman–Crippen MR) is 79.0 cm³/mol. The number of aliphatic hydroxyl groups excluding tert-OH is 2. The summed E-state index contributed by atoms with van der Waals surface area (Å²) in [5.41, 5.74) is 0.200. The zero-order chi connectivity index (χ0) is 13.9. The van der Waals surface area contributed by atoms with Crippen molar-refractivity contribution in [3.05, 3.63) is 12.2 Å². The standard InChI is InChI=1S/C18H28O2/c1-18-9-8-14-13-5-3-12(19)10-11(13)2-4-15(14)16(18)6-7-17(18)20/h3,5,11-17,19-20H,2,4,6-10H2,1H3/t11-,12+,13-,14+,15+,16-,17-,18-/m0/s1. The first-order chi connectivity index (χ1) is 9.59. The van der Waals surface area contributed by atoms with Crippen LogP contribution >= 0.6 is 0 Å². The Morgan fingerprint density at radius 1 is 0.950 bits per heavy atom. The van der Waals surface area contributed by atoms with Gasteiger partial charge in [0.05, 0.1) is 12.2 Å². The van der Waals surface area contributed by atoms with E-state index in [0.29, 0.717) is 11.8 Å². The lowest BCUT2D eigenvalue weighted by atomic mass is 9.51. The summed E-state index contributed by atoms with van der Waals surface area (Å²) >= 11 is 0. The lowest BCUT2D eigenvalue weighted by Gasteiger charge is -2.54. The number of hydrogen-bond acceptors (Lipinski definition) is 2. The van der Waals surface area contributed by atoms with Crippen LogP contribution in [0.25, 0.3) is 0 Å². The fourth-order valence-electron chi connectivity index (χ4n) is 6.35. The van der Waals surface area contributed by atoms with Crippen LogP contribution in [0.1, 0.15) is 51.9 Å². The summed E-state index contributed by atoms with van der Waals surface area (Å²) in [6, 6.07) is 0. The van der Waals surface area contributed by atoms with Gasteiger partial charge in [-0.3, -0.25) is 0 Å². The molecule has 20 heavy (non-hydrogen) atoms. The Kier molecular flexibility index (Phi) is 3.05. The zero-order valence-electron chi connectivity index (χ0n) is 12.5. The number of allylic oxidation sites excluding steroid dienone is 1. The maximum absolute atomic E-state index is 10.4. The molecule has 2 nitrogen and oxygen atoms in total. The summed E-state index contributed by atoms with van der Waals surface area (Å²) in [5, 5.41) is 20.2. The molecule has 0 heterocycles. The summed E-state index contributed by atoms with van der Waals surface area (Å²) in [5.74, 6) is 3.82. The molecular weight excluding hydrogens is 248 g/mol. The van der Waals surface area contributed by atoms with E-state index in [-0.39, 0.29) is 17.6 Å². The molecule has 3 saturated carbocycles. The third-order valence-corrected chi connectivity index (χ3v) is 7.45. The molecule has 0 radical (unpaired) electrons. The molecule has 0 unspecified atom stereocenters. The summed E-state index contributed by atoms with van der Waals surface area (Å²) in [4.78, 5) is 0.